The predicted molar refractivity (Wildman–Crippen MR) is 172 cm³/mol. The first-order valence-corrected chi connectivity index (χ1v) is 16.1. The van der Waals surface area contributed by atoms with Crippen LogP contribution in [0.25, 0.3) is 0 Å². The molecule has 0 aromatic heterocycles. The first-order valence-electron chi connectivity index (χ1n) is 13.9. The number of para-hydroxylation sites is 1. The van der Waals surface area contributed by atoms with Gasteiger partial charge >= 0.3 is 12.1 Å². The fourth-order valence-electron chi connectivity index (χ4n) is 5.10. The second-order valence-electron chi connectivity index (χ2n) is 9.97. The molecule has 13 heteroatoms. The number of amides is 4. The monoisotopic (exact) mass is 666 g/mol. The second-order valence-corrected chi connectivity index (χ2v) is 12.7. The van der Waals surface area contributed by atoms with E-state index in [4.69, 9.17) is 27.9 Å². The standard InChI is InChI=1S/C32H28Cl2N4O6S/c1-3-38(4-2)30(40)35-21-14-16-23(17-15-21)45(42,43)27-19-20(33)18-25-28(27)36-29(39)32(25,24-12-8-9-13-26(24)34)37-31(41)44-22-10-6-5-7-11-22/h5-19H,3-4H2,1-2H3,(H,35,40)(H,36,39)(H,37,41). The molecule has 1 aliphatic heterocycles. The molecule has 0 radical (unpaired) electrons. The smallest absolute Gasteiger partial charge is 0.410 e. The topological polar surface area (TPSA) is 134 Å². The van der Waals surface area contributed by atoms with Crippen LogP contribution in [-0.4, -0.2) is 44.4 Å². The van der Waals surface area contributed by atoms with Crippen molar-refractivity contribution in [3.63, 3.8) is 0 Å². The van der Waals surface area contributed by atoms with Gasteiger partial charge in [0, 0.05) is 39.9 Å². The van der Waals surface area contributed by atoms with Gasteiger partial charge in [-0.1, -0.05) is 59.6 Å². The van der Waals surface area contributed by atoms with Crippen LogP contribution in [0.4, 0.5) is 21.0 Å². The average molecular weight is 668 g/mol. The molecular weight excluding hydrogens is 639 g/mol. The van der Waals surface area contributed by atoms with Crippen LogP contribution in [0.5, 0.6) is 5.75 Å². The van der Waals surface area contributed by atoms with E-state index in [1.54, 1.807) is 53.4 Å². The summed E-state index contributed by atoms with van der Waals surface area (Å²) in [4.78, 5) is 40.8. The van der Waals surface area contributed by atoms with Crippen LogP contribution < -0.4 is 20.7 Å². The average Bonchev–Trinajstić information content (AvgIpc) is 3.29. The van der Waals surface area contributed by atoms with Gasteiger partial charge in [-0.25, -0.2) is 18.0 Å². The lowest BCUT2D eigenvalue weighted by atomic mass is 9.84. The summed E-state index contributed by atoms with van der Waals surface area (Å²) in [6.07, 6.45) is -0.990. The van der Waals surface area contributed by atoms with E-state index >= 15 is 0 Å². The highest BCUT2D eigenvalue weighted by Crippen LogP contribution is 2.48. The van der Waals surface area contributed by atoms with Gasteiger partial charge in [-0.2, -0.15) is 0 Å². The van der Waals surface area contributed by atoms with Crippen molar-refractivity contribution in [1.29, 1.82) is 0 Å². The van der Waals surface area contributed by atoms with Crippen molar-refractivity contribution in [3.05, 3.63) is 112 Å². The van der Waals surface area contributed by atoms with Crippen molar-refractivity contribution in [2.24, 2.45) is 0 Å². The molecule has 4 aromatic carbocycles. The summed E-state index contributed by atoms with van der Waals surface area (Å²) in [6, 6.07) is 22.5. The largest absolute Gasteiger partial charge is 0.414 e. The van der Waals surface area contributed by atoms with Gasteiger partial charge in [-0.3, -0.25) is 10.1 Å². The van der Waals surface area contributed by atoms with Crippen LogP contribution in [0, 0.1) is 0 Å². The minimum atomic E-state index is -4.30. The maximum absolute atomic E-state index is 14.0. The molecule has 10 nitrogen and oxygen atoms in total. The first-order chi connectivity index (χ1) is 21.5. The molecule has 1 aliphatic rings. The number of hydrogen-bond acceptors (Lipinski definition) is 6. The maximum Gasteiger partial charge on any atom is 0.414 e. The minimum Gasteiger partial charge on any atom is -0.410 e. The number of nitrogens with zero attached hydrogens (tertiary/aromatic N) is 1. The second kappa shape index (κ2) is 12.8. The van der Waals surface area contributed by atoms with Crippen molar-refractivity contribution in [2.45, 2.75) is 29.2 Å². The zero-order valence-electron chi connectivity index (χ0n) is 24.1. The Balaban J connectivity index is 1.58. The molecule has 1 atom stereocenters. The van der Waals surface area contributed by atoms with Gasteiger partial charge in [-0.05, 0) is 68.4 Å². The number of carbonyl (C=O) groups excluding carboxylic acids is 3. The summed E-state index contributed by atoms with van der Waals surface area (Å²) >= 11 is 13.1. The van der Waals surface area contributed by atoms with Crippen LogP contribution in [0.2, 0.25) is 10.0 Å². The Bertz CT molecular complexity index is 1880. The molecule has 1 heterocycles. The van der Waals surface area contributed by atoms with E-state index in [9.17, 15) is 22.8 Å². The van der Waals surface area contributed by atoms with Gasteiger partial charge in [0.05, 0.1) is 15.5 Å². The van der Waals surface area contributed by atoms with Gasteiger partial charge in [-0.15, -0.1) is 0 Å². The highest BCUT2D eigenvalue weighted by Gasteiger charge is 2.53. The van der Waals surface area contributed by atoms with E-state index in [1.807, 2.05) is 13.8 Å². The molecule has 232 valence electrons. The fourth-order valence-corrected chi connectivity index (χ4v) is 7.12. The maximum atomic E-state index is 14.0. The molecule has 0 saturated carbocycles. The Labute approximate surface area is 270 Å². The lowest BCUT2D eigenvalue weighted by Gasteiger charge is -2.30. The van der Waals surface area contributed by atoms with Gasteiger partial charge in [0.1, 0.15) is 5.75 Å². The predicted octanol–water partition coefficient (Wildman–Crippen LogP) is 6.68. The van der Waals surface area contributed by atoms with Gasteiger partial charge in [0.25, 0.3) is 5.91 Å². The Kier molecular flexibility index (Phi) is 9.06. The third kappa shape index (κ3) is 6.06. The number of carbonyl (C=O) groups is 3. The summed E-state index contributed by atoms with van der Waals surface area (Å²) in [6.45, 7) is 4.72. The van der Waals surface area contributed by atoms with Crippen LogP contribution in [0.1, 0.15) is 25.0 Å². The summed E-state index contributed by atoms with van der Waals surface area (Å²) in [7, 11) is -4.30. The molecule has 0 fully saturated rings. The van der Waals surface area contributed by atoms with Crippen LogP contribution in [0.15, 0.2) is 101 Å². The third-order valence-corrected chi connectivity index (χ3v) is 9.67. The van der Waals surface area contributed by atoms with Gasteiger partial charge in [0.2, 0.25) is 9.84 Å². The van der Waals surface area contributed by atoms with Crippen LogP contribution in [0.3, 0.4) is 0 Å². The molecule has 4 aromatic rings. The molecule has 0 aliphatic carbocycles. The number of fused-ring (bicyclic) bond motifs is 1. The number of benzene rings is 4. The number of ether oxygens (including phenoxy) is 1. The zero-order valence-corrected chi connectivity index (χ0v) is 26.5. The highest BCUT2D eigenvalue weighted by atomic mass is 35.5. The van der Waals surface area contributed by atoms with Crippen LogP contribution in [-0.2, 0) is 20.2 Å². The SMILES string of the molecule is CCN(CC)C(=O)Nc1ccc(S(=O)(=O)c2cc(Cl)cc3c2NC(=O)C3(NC(=O)Oc2ccccc2)c2ccccc2Cl)cc1. The molecule has 1 unspecified atom stereocenters. The van der Waals surface area contributed by atoms with Crippen molar-refractivity contribution < 1.29 is 27.5 Å². The summed E-state index contributed by atoms with van der Waals surface area (Å²) in [5.74, 6) is -0.558. The van der Waals surface area contributed by atoms with E-state index in [-0.39, 0.29) is 48.4 Å². The Morgan fingerprint density at radius 2 is 1.53 bits per heavy atom. The van der Waals surface area contributed by atoms with E-state index in [2.05, 4.69) is 16.0 Å². The molecule has 0 saturated heterocycles. The molecule has 4 amide bonds. The van der Waals surface area contributed by atoms with Crippen molar-refractivity contribution in [3.8, 4) is 5.75 Å². The van der Waals surface area contributed by atoms with Gasteiger partial charge in [0.15, 0.2) is 5.54 Å². The Morgan fingerprint density at radius 1 is 0.889 bits per heavy atom. The van der Waals surface area contributed by atoms with Crippen molar-refractivity contribution in [1.82, 2.24) is 10.2 Å². The molecule has 0 spiro atoms. The molecule has 5 rings (SSSR count). The molecule has 45 heavy (non-hydrogen) atoms. The van der Waals surface area contributed by atoms with Crippen molar-refractivity contribution >= 4 is 62.4 Å². The normalized spacial score (nSPS) is 15.5. The van der Waals surface area contributed by atoms with E-state index < -0.39 is 27.4 Å². The molecular formula is C32H28Cl2N4O6S. The summed E-state index contributed by atoms with van der Waals surface area (Å²) in [5.41, 5.74) is -1.46. The van der Waals surface area contributed by atoms with Gasteiger partial charge < -0.3 is 20.3 Å². The number of hydrogen-bond donors (Lipinski definition) is 3. The quantitative estimate of drug-likeness (QED) is 0.192. The Hall–Kier alpha value is -4.58. The lowest BCUT2D eigenvalue weighted by Crippen LogP contribution is -2.52. The fraction of sp³-hybridized carbons (Fsp3) is 0.156. The highest BCUT2D eigenvalue weighted by molar-refractivity contribution is 7.91. The summed E-state index contributed by atoms with van der Waals surface area (Å²) in [5, 5.41) is 8.15. The number of sulfone groups is 1. The number of anilines is 2. The van der Waals surface area contributed by atoms with E-state index in [0.29, 0.717) is 18.8 Å². The molecule has 3 N–H and O–H groups in total. The number of halogens is 2. The summed E-state index contributed by atoms with van der Waals surface area (Å²) < 4.78 is 33.5. The minimum absolute atomic E-state index is 0.0124. The van der Waals surface area contributed by atoms with Crippen LogP contribution >= 0.6 is 23.2 Å². The zero-order chi connectivity index (χ0) is 32.4. The van der Waals surface area contributed by atoms with E-state index in [0.717, 1.165) is 0 Å². The van der Waals surface area contributed by atoms with Crippen molar-refractivity contribution in [2.75, 3.05) is 23.7 Å². The number of nitrogens with one attached hydrogen (secondary N) is 3. The van der Waals surface area contributed by atoms with E-state index in [1.165, 1.54) is 42.5 Å². The number of rotatable bonds is 8. The molecule has 0 bridgehead atoms. The number of urea groups is 1. The third-order valence-electron chi connectivity index (χ3n) is 7.33. The lowest BCUT2D eigenvalue weighted by molar-refractivity contribution is -0.120. The Morgan fingerprint density at radius 3 is 2.18 bits per heavy atom. The first kappa shape index (κ1) is 31.8.